The summed E-state index contributed by atoms with van der Waals surface area (Å²) in [6.45, 7) is 4.17. The van der Waals surface area contributed by atoms with Gasteiger partial charge < -0.3 is 14.5 Å². The normalized spacial score (nSPS) is 15.0. The SMILES string of the molecule is Cc1ccc(O)c(S(=O)(=O)N2CCN(C(=O)c3cc(-c4ccccc4)nc4onc(C)c34)CC2)c1. The molecule has 1 aliphatic heterocycles. The Labute approximate surface area is 202 Å². The Hall–Kier alpha value is -3.76. The van der Waals surface area contributed by atoms with Crippen LogP contribution in [0.5, 0.6) is 5.75 Å². The van der Waals surface area contributed by atoms with E-state index in [2.05, 4.69) is 10.1 Å². The summed E-state index contributed by atoms with van der Waals surface area (Å²) >= 11 is 0. The van der Waals surface area contributed by atoms with E-state index in [1.54, 1.807) is 30.9 Å². The van der Waals surface area contributed by atoms with Gasteiger partial charge in [-0.3, -0.25) is 4.79 Å². The molecule has 1 N–H and O–H groups in total. The number of hydrogen-bond acceptors (Lipinski definition) is 7. The van der Waals surface area contributed by atoms with Gasteiger partial charge in [-0.1, -0.05) is 41.6 Å². The molecule has 9 nitrogen and oxygen atoms in total. The summed E-state index contributed by atoms with van der Waals surface area (Å²) in [7, 11) is -3.89. The molecule has 1 saturated heterocycles. The molecular formula is C25H24N4O5S. The van der Waals surface area contributed by atoms with Crippen molar-refractivity contribution < 1.29 is 22.8 Å². The Morgan fingerprint density at radius 2 is 1.71 bits per heavy atom. The highest BCUT2D eigenvalue weighted by Gasteiger charge is 2.33. The Kier molecular flexibility index (Phi) is 5.78. The van der Waals surface area contributed by atoms with Crippen molar-refractivity contribution in [2.75, 3.05) is 26.2 Å². The molecule has 1 amide bonds. The van der Waals surface area contributed by atoms with E-state index in [9.17, 15) is 18.3 Å². The molecule has 180 valence electrons. The number of benzene rings is 2. The summed E-state index contributed by atoms with van der Waals surface area (Å²) in [4.78, 5) is 19.6. The van der Waals surface area contributed by atoms with Crippen molar-refractivity contribution >= 4 is 27.0 Å². The predicted molar refractivity (Wildman–Crippen MR) is 129 cm³/mol. The summed E-state index contributed by atoms with van der Waals surface area (Å²) in [5, 5.41) is 14.7. The molecule has 0 atom stereocenters. The van der Waals surface area contributed by atoms with Gasteiger partial charge in [0.2, 0.25) is 10.0 Å². The number of carbonyl (C=O) groups excluding carboxylic acids is 1. The molecule has 0 spiro atoms. The number of phenolic OH excluding ortho intramolecular Hbond substituents is 1. The van der Waals surface area contributed by atoms with Crippen molar-refractivity contribution in [1.82, 2.24) is 19.3 Å². The number of carbonyl (C=O) groups is 1. The number of fused-ring (bicyclic) bond motifs is 1. The lowest BCUT2D eigenvalue weighted by Gasteiger charge is -2.34. The maximum absolute atomic E-state index is 13.6. The van der Waals surface area contributed by atoms with E-state index in [0.717, 1.165) is 11.1 Å². The van der Waals surface area contributed by atoms with E-state index < -0.39 is 10.0 Å². The minimum Gasteiger partial charge on any atom is -0.507 e. The van der Waals surface area contributed by atoms with Crippen molar-refractivity contribution in [1.29, 1.82) is 0 Å². The molecule has 0 radical (unpaired) electrons. The molecule has 1 fully saturated rings. The summed E-state index contributed by atoms with van der Waals surface area (Å²) < 4.78 is 32.9. The monoisotopic (exact) mass is 492 g/mol. The van der Waals surface area contributed by atoms with Gasteiger partial charge in [0.25, 0.3) is 11.6 Å². The van der Waals surface area contributed by atoms with Gasteiger partial charge in [-0.05, 0) is 37.6 Å². The van der Waals surface area contributed by atoms with Crippen LogP contribution in [-0.2, 0) is 10.0 Å². The van der Waals surface area contributed by atoms with Crippen molar-refractivity contribution in [3.63, 3.8) is 0 Å². The van der Waals surface area contributed by atoms with Gasteiger partial charge in [-0.2, -0.15) is 4.31 Å². The molecule has 5 rings (SSSR count). The van der Waals surface area contributed by atoms with Gasteiger partial charge in [-0.25, -0.2) is 13.4 Å². The molecule has 3 heterocycles. The fourth-order valence-electron chi connectivity index (χ4n) is 4.29. The number of aryl methyl sites for hydroxylation is 2. The maximum atomic E-state index is 13.6. The zero-order valence-corrected chi connectivity index (χ0v) is 20.1. The summed E-state index contributed by atoms with van der Waals surface area (Å²) in [5.41, 5.74) is 3.42. The smallest absolute Gasteiger partial charge is 0.259 e. The molecule has 0 aliphatic carbocycles. The molecule has 4 aromatic rings. The zero-order valence-electron chi connectivity index (χ0n) is 19.3. The highest BCUT2D eigenvalue weighted by atomic mass is 32.2. The third-order valence-electron chi connectivity index (χ3n) is 6.18. The first kappa shape index (κ1) is 23.0. The number of sulfonamides is 1. The van der Waals surface area contributed by atoms with E-state index in [0.29, 0.717) is 22.3 Å². The highest BCUT2D eigenvalue weighted by molar-refractivity contribution is 7.89. The lowest BCUT2D eigenvalue weighted by atomic mass is 10.0. The molecule has 2 aromatic carbocycles. The summed E-state index contributed by atoms with van der Waals surface area (Å²) in [6, 6.07) is 15.7. The first-order chi connectivity index (χ1) is 16.8. The first-order valence-corrected chi connectivity index (χ1v) is 12.6. The number of rotatable bonds is 4. The van der Waals surface area contributed by atoms with E-state index in [4.69, 9.17) is 4.52 Å². The number of pyridine rings is 1. The number of hydrogen-bond donors (Lipinski definition) is 1. The van der Waals surface area contributed by atoms with E-state index in [1.165, 1.54) is 16.4 Å². The lowest BCUT2D eigenvalue weighted by molar-refractivity contribution is 0.0699. The summed E-state index contributed by atoms with van der Waals surface area (Å²) in [6.07, 6.45) is 0. The van der Waals surface area contributed by atoms with Crippen molar-refractivity contribution in [2.24, 2.45) is 0 Å². The number of nitrogens with zero attached hydrogens (tertiary/aromatic N) is 4. The third kappa shape index (κ3) is 4.15. The standard InChI is InChI=1S/C25H24N4O5S/c1-16-8-9-21(30)22(14-16)35(32,33)29-12-10-28(11-13-29)25(31)19-15-20(18-6-4-3-5-7-18)26-24-23(19)17(2)27-34-24/h3-9,14-15,30H,10-13H2,1-2H3. The minimum absolute atomic E-state index is 0.115. The highest BCUT2D eigenvalue weighted by Crippen LogP contribution is 2.30. The number of phenols is 1. The third-order valence-corrected chi connectivity index (χ3v) is 8.10. The van der Waals surface area contributed by atoms with Gasteiger partial charge in [0.1, 0.15) is 10.6 Å². The second-order valence-corrected chi connectivity index (χ2v) is 10.4. The molecule has 35 heavy (non-hydrogen) atoms. The molecule has 2 aromatic heterocycles. The Balaban J connectivity index is 1.42. The van der Waals surface area contributed by atoms with Crippen LogP contribution in [0.4, 0.5) is 0 Å². The van der Waals surface area contributed by atoms with Crippen LogP contribution >= 0.6 is 0 Å². The fraction of sp³-hybridized carbons (Fsp3) is 0.240. The molecule has 0 saturated carbocycles. The average molecular weight is 493 g/mol. The average Bonchev–Trinajstić information content (AvgIpc) is 3.25. The van der Waals surface area contributed by atoms with Crippen LogP contribution in [0.25, 0.3) is 22.4 Å². The second kappa shape index (κ2) is 8.79. The van der Waals surface area contributed by atoms with Crippen molar-refractivity contribution in [3.05, 3.63) is 71.4 Å². The first-order valence-electron chi connectivity index (χ1n) is 11.2. The van der Waals surface area contributed by atoms with Crippen molar-refractivity contribution in [3.8, 4) is 17.0 Å². The fourth-order valence-corrected chi connectivity index (χ4v) is 5.88. The topological polar surface area (TPSA) is 117 Å². The van der Waals surface area contributed by atoms with Gasteiger partial charge in [0, 0.05) is 31.7 Å². The Bertz CT molecular complexity index is 1520. The van der Waals surface area contributed by atoms with Crippen LogP contribution in [0.3, 0.4) is 0 Å². The van der Waals surface area contributed by atoms with Crippen LogP contribution in [0.2, 0.25) is 0 Å². The maximum Gasteiger partial charge on any atom is 0.259 e. The number of piperazine rings is 1. The molecule has 1 aliphatic rings. The predicted octanol–water partition coefficient (Wildman–Crippen LogP) is 3.36. The molecular weight excluding hydrogens is 468 g/mol. The van der Waals surface area contributed by atoms with Gasteiger partial charge in [0.05, 0.1) is 22.3 Å². The van der Waals surface area contributed by atoms with Crippen LogP contribution in [0.15, 0.2) is 64.0 Å². The van der Waals surface area contributed by atoms with E-state index in [-0.39, 0.29) is 48.4 Å². The zero-order chi connectivity index (χ0) is 24.7. The van der Waals surface area contributed by atoms with Crippen LogP contribution in [0, 0.1) is 13.8 Å². The Morgan fingerprint density at radius 3 is 2.43 bits per heavy atom. The number of aromatic nitrogens is 2. The minimum atomic E-state index is -3.89. The van der Waals surface area contributed by atoms with Crippen molar-refractivity contribution in [2.45, 2.75) is 18.7 Å². The largest absolute Gasteiger partial charge is 0.507 e. The van der Waals surface area contributed by atoms with Gasteiger partial charge in [-0.15, -0.1) is 0 Å². The quantitative estimate of drug-likeness (QED) is 0.464. The molecule has 0 bridgehead atoms. The molecule has 10 heteroatoms. The number of amides is 1. The van der Waals surface area contributed by atoms with E-state index in [1.807, 2.05) is 30.3 Å². The second-order valence-electron chi connectivity index (χ2n) is 8.54. The Morgan fingerprint density at radius 1 is 1.00 bits per heavy atom. The van der Waals surface area contributed by atoms with Crippen LogP contribution in [-0.4, -0.2) is 65.0 Å². The van der Waals surface area contributed by atoms with Crippen LogP contribution in [0.1, 0.15) is 21.6 Å². The van der Waals surface area contributed by atoms with Gasteiger partial charge >= 0.3 is 0 Å². The van der Waals surface area contributed by atoms with Gasteiger partial charge in [0.15, 0.2) is 0 Å². The lowest BCUT2D eigenvalue weighted by Crippen LogP contribution is -2.50. The van der Waals surface area contributed by atoms with E-state index >= 15 is 0 Å². The molecule has 0 unspecified atom stereocenters. The van der Waals surface area contributed by atoms with Crippen LogP contribution < -0.4 is 0 Å². The number of aromatic hydroxyl groups is 1. The summed E-state index contributed by atoms with van der Waals surface area (Å²) in [5.74, 6) is -0.527.